The topological polar surface area (TPSA) is 0 Å². The van der Waals surface area contributed by atoms with Crippen LogP contribution in [-0.4, -0.2) is 0 Å². The number of rotatable bonds is 8. The second-order valence-electron chi connectivity index (χ2n) is 4.10. The van der Waals surface area contributed by atoms with Crippen molar-refractivity contribution in [2.75, 3.05) is 0 Å². The average molecular weight is 170 g/mol. The van der Waals surface area contributed by atoms with Crippen molar-refractivity contribution in [3.8, 4) is 0 Å². The smallest absolute Gasteiger partial charge is 0.0443 e. The Kier molecular flexibility index (Phi) is 9.09. The van der Waals surface area contributed by atoms with Crippen LogP contribution in [0.1, 0.15) is 72.1 Å². The lowest BCUT2D eigenvalue weighted by Gasteiger charge is -2.09. The summed E-state index contributed by atoms with van der Waals surface area (Å²) in [5.74, 6) is 0.974. The molecule has 74 valence electrons. The van der Waals surface area contributed by atoms with E-state index in [1.165, 1.54) is 51.4 Å². The second kappa shape index (κ2) is 9.09. The molecule has 0 saturated carbocycles. The fraction of sp³-hybridized carbons (Fsp3) is 1.00. The molecule has 0 bridgehead atoms. The summed E-state index contributed by atoms with van der Waals surface area (Å²) < 4.78 is 0. The van der Waals surface area contributed by atoms with Gasteiger partial charge in [-0.1, -0.05) is 72.1 Å². The van der Waals surface area contributed by atoms with Crippen molar-refractivity contribution in [2.24, 2.45) is 5.92 Å². The molecule has 0 aliphatic carbocycles. The zero-order chi connectivity index (χ0) is 9.23. The summed E-state index contributed by atoms with van der Waals surface area (Å²) in [7, 11) is 0. The Labute approximate surface area is 78.8 Å². The monoisotopic (exact) mass is 170 g/mol. The van der Waals surface area contributed by atoms with E-state index in [1.807, 2.05) is 0 Å². The summed E-state index contributed by atoms with van der Waals surface area (Å²) in [6.07, 6.45) is 11.4. The molecule has 0 saturated heterocycles. The molecule has 0 N–H and O–H groups in total. The highest BCUT2D eigenvalue weighted by atomic mass is 14.1. The first-order valence-electron chi connectivity index (χ1n) is 5.81. The minimum Gasteiger partial charge on any atom is -0.0654 e. The Morgan fingerprint density at radius 3 is 1.92 bits per heavy atom. The third-order valence-electron chi connectivity index (χ3n) is 2.60. The summed E-state index contributed by atoms with van der Waals surface area (Å²) in [5.41, 5.74) is 0. The fourth-order valence-electron chi connectivity index (χ4n) is 1.62. The van der Waals surface area contributed by atoms with Gasteiger partial charge in [-0.15, -0.1) is 0 Å². The molecular weight excluding hydrogens is 144 g/mol. The van der Waals surface area contributed by atoms with Gasteiger partial charge in [-0.25, -0.2) is 0 Å². The van der Waals surface area contributed by atoms with Crippen LogP contribution >= 0.6 is 0 Å². The van der Waals surface area contributed by atoms with Gasteiger partial charge in [-0.2, -0.15) is 0 Å². The lowest BCUT2D eigenvalue weighted by Crippen LogP contribution is -1.94. The molecule has 1 atom stereocenters. The summed E-state index contributed by atoms with van der Waals surface area (Å²) in [6, 6.07) is 0. The van der Waals surface area contributed by atoms with Crippen LogP contribution in [-0.2, 0) is 0 Å². The van der Waals surface area contributed by atoms with Gasteiger partial charge in [0.25, 0.3) is 0 Å². The van der Waals surface area contributed by atoms with Crippen LogP contribution in [0, 0.1) is 5.92 Å². The molecule has 0 nitrogen and oxygen atoms in total. The highest BCUT2D eigenvalue weighted by molar-refractivity contribution is 4.53. The van der Waals surface area contributed by atoms with E-state index in [2.05, 4.69) is 20.8 Å². The third-order valence-corrected chi connectivity index (χ3v) is 2.60. The predicted octanol–water partition coefficient (Wildman–Crippen LogP) is 4.78. The number of hydrogen-bond acceptors (Lipinski definition) is 0. The zero-order valence-electron chi connectivity index (χ0n) is 9.23. The highest BCUT2D eigenvalue weighted by Crippen LogP contribution is 2.15. The van der Waals surface area contributed by atoms with Crippen molar-refractivity contribution in [3.63, 3.8) is 0 Å². The number of hydrogen-bond donors (Lipinski definition) is 0. The first-order chi connectivity index (χ1) is 5.81. The van der Waals surface area contributed by atoms with Crippen molar-refractivity contribution in [2.45, 2.75) is 72.1 Å². The summed E-state index contributed by atoms with van der Waals surface area (Å²) in [5, 5.41) is 0. The van der Waals surface area contributed by atoms with Crippen LogP contribution in [0.5, 0.6) is 0 Å². The molecule has 0 amide bonds. The van der Waals surface area contributed by atoms with Crippen LogP contribution in [0.4, 0.5) is 0 Å². The molecule has 0 heterocycles. The molecule has 0 radical (unpaired) electrons. The van der Waals surface area contributed by atoms with Gasteiger partial charge >= 0.3 is 0 Å². The van der Waals surface area contributed by atoms with Gasteiger partial charge in [0.15, 0.2) is 0 Å². The SMILES string of the molecule is CCCCCC[C@@H](C)CCCC. The summed E-state index contributed by atoms with van der Waals surface area (Å²) in [6.45, 7) is 6.96. The first kappa shape index (κ1) is 12.0. The molecule has 0 heteroatoms. The van der Waals surface area contributed by atoms with E-state index in [0.29, 0.717) is 0 Å². The molecule has 0 aromatic heterocycles. The van der Waals surface area contributed by atoms with Gasteiger partial charge in [0.05, 0.1) is 0 Å². The van der Waals surface area contributed by atoms with E-state index in [4.69, 9.17) is 0 Å². The van der Waals surface area contributed by atoms with Gasteiger partial charge < -0.3 is 0 Å². The molecule has 0 spiro atoms. The van der Waals surface area contributed by atoms with E-state index in [9.17, 15) is 0 Å². The third kappa shape index (κ3) is 8.10. The summed E-state index contributed by atoms with van der Waals surface area (Å²) in [4.78, 5) is 0. The van der Waals surface area contributed by atoms with Crippen LogP contribution in [0.2, 0.25) is 0 Å². The van der Waals surface area contributed by atoms with Gasteiger partial charge in [-0.3, -0.25) is 0 Å². The van der Waals surface area contributed by atoms with Gasteiger partial charge in [-0.05, 0) is 5.92 Å². The van der Waals surface area contributed by atoms with E-state index in [-0.39, 0.29) is 0 Å². The van der Waals surface area contributed by atoms with Crippen molar-refractivity contribution in [3.05, 3.63) is 0 Å². The predicted molar refractivity (Wildman–Crippen MR) is 57.4 cm³/mol. The van der Waals surface area contributed by atoms with E-state index < -0.39 is 0 Å². The minimum atomic E-state index is 0.974. The maximum atomic E-state index is 2.40. The lowest BCUT2D eigenvalue weighted by atomic mass is 9.97. The lowest BCUT2D eigenvalue weighted by molar-refractivity contribution is 0.445. The van der Waals surface area contributed by atoms with Crippen LogP contribution in [0.3, 0.4) is 0 Å². The molecule has 12 heavy (non-hydrogen) atoms. The second-order valence-corrected chi connectivity index (χ2v) is 4.10. The van der Waals surface area contributed by atoms with E-state index >= 15 is 0 Å². The van der Waals surface area contributed by atoms with Crippen molar-refractivity contribution in [1.82, 2.24) is 0 Å². The maximum absolute atomic E-state index is 2.40. The zero-order valence-corrected chi connectivity index (χ0v) is 9.23. The molecule has 0 aromatic rings. The molecule has 0 rings (SSSR count). The van der Waals surface area contributed by atoms with Crippen LogP contribution in [0.25, 0.3) is 0 Å². The standard InChI is InChI=1S/C12H26/c1-4-6-8-9-11-12(3)10-7-5-2/h12H,4-11H2,1-3H3/t12-/m0/s1. The first-order valence-corrected chi connectivity index (χ1v) is 5.81. The Morgan fingerprint density at radius 1 is 0.750 bits per heavy atom. The number of unbranched alkanes of at least 4 members (excludes halogenated alkanes) is 4. The molecule has 0 unspecified atom stereocenters. The van der Waals surface area contributed by atoms with Gasteiger partial charge in [0, 0.05) is 0 Å². The van der Waals surface area contributed by atoms with Crippen LogP contribution < -0.4 is 0 Å². The van der Waals surface area contributed by atoms with Crippen molar-refractivity contribution < 1.29 is 0 Å². The van der Waals surface area contributed by atoms with Crippen molar-refractivity contribution >= 4 is 0 Å². The fourth-order valence-corrected chi connectivity index (χ4v) is 1.62. The molecule has 0 aliphatic heterocycles. The highest BCUT2D eigenvalue weighted by Gasteiger charge is 2.00. The largest absolute Gasteiger partial charge is 0.0654 e. The Bertz CT molecular complexity index is 76.1. The Morgan fingerprint density at radius 2 is 1.33 bits per heavy atom. The minimum absolute atomic E-state index is 0.974. The Hall–Kier alpha value is 0. The van der Waals surface area contributed by atoms with Gasteiger partial charge in [0.1, 0.15) is 0 Å². The van der Waals surface area contributed by atoms with Gasteiger partial charge in [0.2, 0.25) is 0 Å². The van der Waals surface area contributed by atoms with E-state index in [0.717, 1.165) is 5.92 Å². The van der Waals surface area contributed by atoms with E-state index in [1.54, 1.807) is 0 Å². The van der Waals surface area contributed by atoms with Crippen molar-refractivity contribution in [1.29, 1.82) is 0 Å². The quantitative estimate of drug-likeness (QED) is 0.460. The molecule has 0 aliphatic rings. The van der Waals surface area contributed by atoms with Crippen LogP contribution in [0.15, 0.2) is 0 Å². The summed E-state index contributed by atoms with van der Waals surface area (Å²) >= 11 is 0. The average Bonchev–Trinajstić information content (AvgIpc) is 2.09. The molecular formula is C12H26. The molecule has 0 fully saturated rings. The maximum Gasteiger partial charge on any atom is -0.0443 e. The molecule has 0 aromatic carbocycles. The Balaban J connectivity index is 3.02. The normalized spacial score (nSPS) is 13.2.